The summed E-state index contributed by atoms with van der Waals surface area (Å²) in [5.41, 5.74) is 6.10. The van der Waals surface area contributed by atoms with Crippen LogP contribution in [0.15, 0.2) is 72.4 Å². The molecule has 42 heavy (non-hydrogen) atoms. The fourth-order valence-corrected chi connectivity index (χ4v) is 5.69. The molecule has 7 nitrogen and oxygen atoms in total. The Balaban J connectivity index is 1.46. The van der Waals surface area contributed by atoms with Gasteiger partial charge in [0.1, 0.15) is 17.4 Å². The Kier molecular flexibility index (Phi) is 10.6. The van der Waals surface area contributed by atoms with Crippen LogP contribution in [0.25, 0.3) is 0 Å². The summed E-state index contributed by atoms with van der Waals surface area (Å²) in [6.45, 7) is 7.80. The Morgan fingerprint density at radius 1 is 1.00 bits per heavy atom. The summed E-state index contributed by atoms with van der Waals surface area (Å²) in [4.78, 5) is 42.1. The summed E-state index contributed by atoms with van der Waals surface area (Å²) in [6, 6.07) is 21.1. The number of carbonyl (C=O) groups excluding carboxylic acids is 3. The van der Waals surface area contributed by atoms with Crippen LogP contribution in [0.5, 0.6) is 5.75 Å². The zero-order valence-electron chi connectivity index (χ0n) is 25.1. The molecule has 1 saturated heterocycles. The lowest BCUT2D eigenvalue weighted by molar-refractivity contribution is -0.116. The van der Waals surface area contributed by atoms with Crippen molar-refractivity contribution >= 4 is 29.1 Å². The topological polar surface area (TPSA) is 79.0 Å². The number of para-hydroxylation sites is 1. The molecule has 0 aromatic heterocycles. The third-order valence-corrected chi connectivity index (χ3v) is 7.94. The second-order valence-electron chi connectivity index (χ2n) is 10.9. The van der Waals surface area contributed by atoms with Gasteiger partial charge in [-0.25, -0.2) is 4.79 Å². The largest absolute Gasteiger partial charge is 0.497 e. The maximum absolute atomic E-state index is 13.7. The number of amides is 2. The minimum Gasteiger partial charge on any atom is -0.497 e. The Labute approximate surface area is 249 Å². The van der Waals surface area contributed by atoms with Crippen LogP contribution in [0.3, 0.4) is 0 Å². The highest BCUT2D eigenvalue weighted by Crippen LogP contribution is 2.34. The summed E-state index contributed by atoms with van der Waals surface area (Å²) >= 11 is 0. The average molecular weight is 568 g/mol. The van der Waals surface area contributed by atoms with E-state index < -0.39 is 0 Å². The summed E-state index contributed by atoms with van der Waals surface area (Å²) < 4.78 is 5.26. The van der Waals surface area contributed by atoms with Gasteiger partial charge in [-0.3, -0.25) is 9.59 Å². The highest BCUT2D eigenvalue weighted by atomic mass is 16.5. The molecule has 1 heterocycles. The Morgan fingerprint density at radius 3 is 2.36 bits per heavy atom. The van der Waals surface area contributed by atoms with Gasteiger partial charge in [-0.1, -0.05) is 42.8 Å². The number of anilines is 2. The summed E-state index contributed by atoms with van der Waals surface area (Å²) in [5, 5.41) is 3.08. The molecule has 1 N–H and O–H groups in total. The predicted octanol–water partition coefficient (Wildman–Crippen LogP) is 6.68. The number of hydrogen-bond donors (Lipinski definition) is 1. The Bertz CT molecular complexity index is 1430. The lowest BCUT2D eigenvalue weighted by Crippen LogP contribution is -2.37. The van der Waals surface area contributed by atoms with Gasteiger partial charge >= 0.3 is 0 Å². The molecule has 0 aliphatic carbocycles. The van der Waals surface area contributed by atoms with E-state index in [2.05, 4.69) is 28.3 Å². The number of carbonyl (C=O) groups is 2. The van der Waals surface area contributed by atoms with Gasteiger partial charge in [0.05, 0.1) is 7.11 Å². The quantitative estimate of drug-likeness (QED) is 0.262. The van der Waals surface area contributed by atoms with Gasteiger partial charge in [-0.05, 0) is 86.6 Å². The zero-order chi connectivity index (χ0) is 30.1. The molecule has 220 valence electrons. The summed E-state index contributed by atoms with van der Waals surface area (Å²) in [6.07, 6.45) is 3.42. The van der Waals surface area contributed by atoms with Crippen molar-refractivity contribution in [3.8, 4) is 5.75 Å². The van der Waals surface area contributed by atoms with Crippen molar-refractivity contribution in [3.63, 3.8) is 0 Å². The SMILES string of the molecule is CCCC(=O)Nc1ccccc1C1CCN(C(=C=O)CCN(C(=O)c2ccc(OC)cc2)c2ccc(C)cc2C)CC1. The fourth-order valence-electron chi connectivity index (χ4n) is 5.69. The Morgan fingerprint density at radius 2 is 1.71 bits per heavy atom. The third-order valence-electron chi connectivity index (χ3n) is 7.94. The van der Waals surface area contributed by atoms with Crippen molar-refractivity contribution in [3.05, 3.63) is 94.7 Å². The number of benzene rings is 3. The van der Waals surface area contributed by atoms with E-state index in [4.69, 9.17) is 4.74 Å². The van der Waals surface area contributed by atoms with Gasteiger partial charge in [-0.15, -0.1) is 0 Å². The molecule has 0 unspecified atom stereocenters. The monoisotopic (exact) mass is 567 g/mol. The van der Waals surface area contributed by atoms with Gasteiger partial charge in [0.15, 0.2) is 0 Å². The van der Waals surface area contributed by atoms with Gasteiger partial charge < -0.3 is 19.9 Å². The number of hydrogen-bond acceptors (Lipinski definition) is 5. The van der Waals surface area contributed by atoms with E-state index in [0.29, 0.717) is 49.5 Å². The number of methoxy groups -OCH3 is 1. The van der Waals surface area contributed by atoms with E-state index in [9.17, 15) is 14.4 Å². The van der Waals surface area contributed by atoms with E-state index in [0.717, 1.165) is 47.3 Å². The van der Waals surface area contributed by atoms with E-state index in [1.165, 1.54) is 0 Å². The van der Waals surface area contributed by atoms with Gasteiger partial charge in [0, 0.05) is 49.4 Å². The number of rotatable bonds is 11. The second-order valence-corrected chi connectivity index (χ2v) is 10.9. The van der Waals surface area contributed by atoms with Gasteiger partial charge in [0.25, 0.3) is 5.91 Å². The van der Waals surface area contributed by atoms with Crippen LogP contribution in [0.1, 0.15) is 72.0 Å². The van der Waals surface area contributed by atoms with E-state index in [1.807, 2.05) is 51.1 Å². The first-order valence-corrected chi connectivity index (χ1v) is 14.8. The molecule has 4 rings (SSSR count). The van der Waals surface area contributed by atoms with Crippen molar-refractivity contribution < 1.29 is 19.1 Å². The van der Waals surface area contributed by atoms with E-state index in [1.54, 1.807) is 36.3 Å². The molecule has 3 aromatic rings. The number of aryl methyl sites for hydroxylation is 2. The normalized spacial score (nSPS) is 13.3. The van der Waals surface area contributed by atoms with E-state index in [-0.39, 0.29) is 17.7 Å². The van der Waals surface area contributed by atoms with Crippen molar-refractivity contribution in [2.75, 3.05) is 37.0 Å². The minimum absolute atomic E-state index is 0.0334. The van der Waals surface area contributed by atoms with Crippen molar-refractivity contribution in [1.29, 1.82) is 0 Å². The maximum atomic E-state index is 13.7. The second kappa shape index (κ2) is 14.5. The first-order valence-electron chi connectivity index (χ1n) is 14.8. The molecule has 7 heteroatoms. The number of nitrogens with zero attached hydrogens (tertiary/aromatic N) is 2. The van der Waals surface area contributed by atoms with Crippen LogP contribution in [-0.2, 0) is 9.59 Å². The number of piperidine rings is 1. The predicted molar refractivity (Wildman–Crippen MR) is 168 cm³/mol. The van der Waals surface area contributed by atoms with E-state index >= 15 is 0 Å². The van der Waals surface area contributed by atoms with Crippen molar-refractivity contribution in [2.24, 2.45) is 0 Å². The molecule has 0 radical (unpaired) electrons. The average Bonchev–Trinajstić information content (AvgIpc) is 3.00. The van der Waals surface area contributed by atoms with Gasteiger partial charge in [-0.2, -0.15) is 0 Å². The van der Waals surface area contributed by atoms with Crippen molar-refractivity contribution in [1.82, 2.24) is 4.90 Å². The van der Waals surface area contributed by atoms with Crippen LogP contribution in [0.2, 0.25) is 0 Å². The van der Waals surface area contributed by atoms with Gasteiger partial charge in [0.2, 0.25) is 5.91 Å². The molecular formula is C35H41N3O4. The maximum Gasteiger partial charge on any atom is 0.258 e. The molecular weight excluding hydrogens is 526 g/mol. The highest BCUT2D eigenvalue weighted by Gasteiger charge is 2.26. The summed E-state index contributed by atoms with van der Waals surface area (Å²) in [7, 11) is 1.60. The first kappa shape index (κ1) is 30.6. The van der Waals surface area contributed by atoms with Crippen molar-refractivity contribution in [2.45, 2.75) is 58.8 Å². The molecule has 0 saturated carbocycles. The molecule has 3 aromatic carbocycles. The highest BCUT2D eigenvalue weighted by molar-refractivity contribution is 6.06. The van der Waals surface area contributed by atoms with Crippen LogP contribution in [0, 0.1) is 13.8 Å². The van der Waals surface area contributed by atoms with Crippen LogP contribution < -0.4 is 15.0 Å². The molecule has 0 spiro atoms. The lowest BCUT2D eigenvalue weighted by Gasteiger charge is -2.35. The Hall–Kier alpha value is -4.35. The lowest BCUT2D eigenvalue weighted by atomic mass is 9.88. The van der Waals surface area contributed by atoms with Crippen LogP contribution >= 0.6 is 0 Å². The molecule has 0 atom stereocenters. The molecule has 0 bridgehead atoms. The minimum atomic E-state index is -0.129. The molecule has 2 amide bonds. The van der Waals surface area contributed by atoms with Crippen LogP contribution in [-0.4, -0.2) is 49.4 Å². The zero-order valence-corrected chi connectivity index (χ0v) is 25.1. The number of ether oxygens (including phenoxy) is 1. The third kappa shape index (κ3) is 7.48. The summed E-state index contributed by atoms with van der Waals surface area (Å²) in [5.74, 6) is 3.06. The molecule has 1 aliphatic rings. The number of likely N-dealkylation sites (tertiary alicyclic amines) is 1. The fraction of sp³-hybridized carbons (Fsp3) is 0.371. The van der Waals surface area contributed by atoms with Crippen LogP contribution in [0.4, 0.5) is 11.4 Å². The number of nitrogens with one attached hydrogen (secondary N) is 1. The molecule has 1 aliphatic heterocycles. The molecule has 1 fully saturated rings. The standard InChI is InChI=1S/C35H41N3O4/c1-5-8-34(40)36-32-10-7-6-9-31(32)27-17-20-37(21-18-27)29(24-39)19-22-38(33-16-11-25(2)23-26(33)3)35(41)28-12-14-30(42-4)15-13-28/h6-7,9-16,23,27H,5,8,17-22H2,1-4H3,(H,36,40). The smallest absolute Gasteiger partial charge is 0.258 e. The first-order chi connectivity index (χ1) is 20.3.